The third kappa shape index (κ3) is 2.28. The van der Waals surface area contributed by atoms with Crippen molar-refractivity contribution in [2.24, 2.45) is 5.73 Å². The number of rotatable bonds is 4. The Balaban J connectivity index is 3.38. The lowest BCUT2D eigenvalue weighted by atomic mass is 10.1. The van der Waals surface area contributed by atoms with Crippen LogP contribution in [0.3, 0.4) is 0 Å². The Morgan fingerprint density at radius 1 is 1.56 bits per heavy atom. The molecule has 2 N–H and O–H groups in total. The highest BCUT2D eigenvalue weighted by Crippen LogP contribution is 2.27. The average molecular weight is 224 g/mol. The molecule has 0 saturated heterocycles. The Hall–Kier alpha value is -2.11. The molecule has 1 aromatic carbocycles. The minimum absolute atomic E-state index is 0.109. The van der Waals surface area contributed by atoms with Crippen molar-refractivity contribution >= 4 is 11.6 Å². The second-order valence-corrected chi connectivity index (χ2v) is 3.17. The van der Waals surface area contributed by atoms with Gasteiger partial charge in [-0.1, -0.05) is 0 Å². The van der Waals surface area contributed by atoms with Crippen LogP contribution in [0.1, 0.15) is 22.8 Å². The first kappa shape index (κ1) is 12.0. The minimum atomic E-state index is -0.706. The van der Waals surface area contributed by atoms with Crippen LogP contribution in [0.4, 0.5) is 5.69 Å². The first-order chi connectivity index (χ1) is 7.47. The van der Waals surface area contributed by atoms with Crippen molar-refractivity contribution in [2.75, 3.05) is 6.61 Å². The SMILES string of the molecule is CCOc1cc([N+](=O)[O-])cc(C(N)=O)c1C. The van der Waals surface area contributed by atoms with Crippen LogP contribution < -0.4 is 10.5 Å². The molecule has 1 rings (SSSR count). The average Bonchev–Trinajstić information content (AvgIpc) is 2.20. The summed E-state index contributed by atoms with van der Waals surface area (Å²) in [5.41, 5.74) is 5.55. The van der Waals surface area contributed by atoms with E-state index in [0.717, 1.165) is 6.07 Å². The topological polar surface area (TPSA) is 95.5 Å². The Morgan fingerprint density at radius 3 is 2.62 bits per heavy atom. The number of hydrogen-bond donors (Lipinski definition) is 1. The number of benzene rings is 1. The molecule has 0 aromatic heterocycles. The summed E-state index contributed by atoms with van der Waals surface area (Å²) < 4.78 is 5.21. The van der Waals surface area contributed by atoms with Crippen LogP contribution in [-0.4, -0.2) is 17.4 Å². The number of ether oxygens (including phenoxy) is 1. The van der Waals surface area contributed by atoms with Gasteiger partial charge in [-0.25, -0.2) is 0 Å². The van der Waals surface area contributed by atoms with Gasteiger partial charge in [0.25, 0.3) is 5.69 Å². The normalized spacial score (nSPS) is 9.88. The number of non-ortho nitro benzene ring substituents is 1. The van der Waals surface area contributed by atoms with E-state index in [2.05, 4.69) is 0 Å². The van der Waals surface area contributed by atoms with Crippen molar-refractivity contribution in [3.05, 3.63) is 33.4 Å². The number of nitro groups is 1. The summed E-state index contributed by atoms with van der Waals surface area (Å²) in [5, 5.41) is 10.6. The van der Waals surface area contributed by atoms with E-state index in [4.69, 9.17) is 10.5 Å². The van der Waals surface area contributed by atoms with Crippen molar-refractivity contribution < 1.29 is 14.5 Å². The van der Waals surface area contributed by atoms with Gasteiger partial charge in [0, 0.05) is 11.6 Å². The highest BCUT2D eigenvalue weighted by molar-refractivity contribution is 5.95. The molecule has 0 spiro atoms. The fourth-order valence-corrected chi connectivity index (χ4v) is 1.34. The second-order valence-electron chi connectivity index (χ2n) is 3.17. The molecule has 1 amide bonds. The van der Waals surface area contributed by atoms with E-state index in [1.165, 1.54) is 6.07 Å². The van der Waals surface area contributed by atoms with Gasteiger partial charge >= 0.3 is 0 Å². The highest BCUT2D eigenvalue weighted by Gasteiger charge is 2.17. The van der Waals surface area contributed by atoms with Gasteiger partial charge in [-0.2, -0.15) is 0 Å². The van der Waals surface area contributed by atoms with Crippen molar-refractivity contribution in [2.45, 2.75) is 13.8 Å². The Labute approximate surface area is 92.2 Å². The molecule has 1 aromatic rings. The van der Waals surface area contributed by atoms with Gasteiger partial charge in [0.15, 0.2) is 0 Å². The third-order valence-corrected chi connectivity index (χ3v) is 2.12. The molecule has 0 saturated carbocycles. The maximum atomic E-state index is 11.1. The standard InChI is InChI=1S/C10H12N2O4/c1-3-16-9-5-7(12(14)15)4-8(6(9)2)10(11)13/h4-5H,3H2,1-2H3,(H2,11,13). The van der Waals surface area contributed by atoms with Crippen LogP contribution in [0.25, 0.3) is 0 Å². The predicted octanol–water partition coefficient (Wildman–Crippen LogP) is 1.40. The molecule has 0 aliphatic rings. The maximum Gasteiger partial charge on any atom is 0.273 e. The first-order valence-corrected chi connectivity index (χ1v) is 4.69. The number of nitrogens with two attached hydrogens (primary N) is 1. The monoisotopic (exact) mass is 224 g/mol. The van der Waals surface area contributed by atoms with Gasteiger partial charge in [0.05, 0.1) is 23.2 Å². The first-order valence-electron chi connectivity index (χ1n) is 4.69. The fourth-order valence-electron chi connectivity index (χ4n) is 1.34. The quantitative estimate of drug-likeness (QED) is 0.617. The summed E-state index contributed by atoms with van der Waals surface area (Å²) in [6.07, 6.45) is 0. The molecule has 6 heteroatoms. The van der Waals surface area contributed by atoms with Gasteiger partial charge in [-0.05, 0) is 13.8 Å². The second kappa shape index (κ2) is 4.61. The zero-order valence-corrected chi connectivity index (χ0v) is 9.02. The maximum absolute atomic E-state index is 11.1. The van der Waals surface area contributed by atoms with Crippen LogP contribution in [0.5, 0.6) is 5.75 Å². The predicted molar refractivity (Wildman–Crippen MR) is 57.5 cm³/mol. The van der Waals surface area contributed by atoms with Crippen LogP contribution >= 0.6 is 0 Å². The van der Waals surface area contributed by atoms with Crippen LogP contribution in [0.2, 0.25) is 0 Å². The molecule has 6 nitrogen and oxygen atoms in total. The van der Waals surface area contributed by atoms with Crippen molar-refractivity contribution in [1.29, 1.82) is 0 Å². The zero-order chi connectivity index (χ0) is 12.3. The van der Waals surface area contributed by atoms with Crippen molar-refractivity contribution in [3.63, 3.8) is 0 Å². The van der Waals surface area contributed by atoms with Crippen LogP contribution in [0, 0.1) is 17.0 Å². The van der Waals surface area contributed by atoms with Crippen molar-refractivity contribution in [3.8, 4) is 5.75 Å². The molecular formula is C10H12N2O4. The van der Waals surface area contributed by atoms with E-state index in [9.17, 15) is 14.9 Å². The molecular weight excluding hydrogens is 212 g/mol. The van der Waals surface area contributed by atoms with Gasteiger partial charge in [0.1, 0.15) is 5.75 Å². The molecule has 0 bridgehead atoms. The molecule has 16 heavy (non-hydrogen) atoms. The molecule has 0 aliphatic heterocycles. The number of primary amides is 1. The van der Waals surface area contributed by atoms with Gasteiger partial charge in [-0.3, -0.25) is 14.9 Å². The Kier molecular flexibility index (Phi) is 3.44. The number of hydrogen-bond acceptors (Lipinski definition) is 4. The lowest BCUT2D eigenvalue weighted by molar-refractivity contribution is -0.385. The van der Waals surface area contributed by atoms with Gasteiger partial charge < -0.3 is 10.5 Å². The molecule has 0 fully saturated rings. The van der Waals surface area contributed by atoms with E-state index in [1.807, 2.05) is 0 Å². The largest absolute Gasteiger partial charge is 0.493 e. The van der Waals surface area contributed by atoms with E-state index in [-0.39, 0.29) is 11.3 Å². The van der Waals surface area contributed by atoms with Crippen molar-refractivity contribution in [1.82, 2.24) is 0 Å². The summed E-state index contributed by atoms with van der Waals surface area (Å²) in [6.45, 7) is 3.75. The Bertz CT molecular complexity index is 443. The van der Waals surface area contributed by atoms with E-state index >= 15 is 0 Å². The summed E-state index contributed by atoms with van der Waals surface area (Å²) in [7, 11) is 0. The smallest absolute Gasteiger partial charge is 0.273 e. The molecule has 0 atom stereocenters. The fraction of sp³-hybridized carbons (Fsp3) is 0.300. The van der Waals surface area contributed by atoms with Gasteiger partial charge in [0.2, 0.25) is 5.91 Å². The van der Waals surface area contributed by atoms with Crippen LogP contribution in [0.15, 0.2) is 12.1 Å². The molecule has 0 heterocycles. The number of carbonyl (C=O) groups is 1. The third-order valence-electron chi connectivity index (χ3n) is 2.12. The molecule has 0 unspecified atom stereocenters. The lowest BCUT2D eigenvalue weighted by Gasteiger charge is -2.09. The summed E-state index contributed by atoms with van der Waals surface area (Å²) in [5.74, 6) is -0.396. The molecule has 0 aliphatic carbocycles. The number of amides is 1. The highest BCUT2D eigenvalue weighted by atomic mass is 16.6. The van der Waals surface area contributed by atoms with Gasteiger partial charge in [-0.15, -0.1) is 0 Å². The molecule has 86 valence electrons. The zero-order valence-electron chi connectivity index (χ0n) is 9.02. The number of carbonyl (C=O) groups excluding carboxylic acids is 1. The van der Waals surface area contributed by atoms with E-state index in [0.29, 0.717) is 17.9 Å². The lowest BCUT2D eigenvalue weighted by Crippen LogP contribution is -2.14. The van der Waals surface area contributed by atoms with E-state index in [1.54, 1.807) is 13.8 Å². The Morgan fingerprint density at radius 2 is 2.19 bits per heavy atom. The summed E-state index contributed by atoms with van der Waals surface area (Å²) >= 11 is 0. The summed E-state index contributed by atoms with van der Waals surface area (Å²) in [4.78, 5) is 21.1. The molecule has 0 radical (unpaired) electrons. The minimum Gasteiger partial charge on any atom is -0.493 e. The van der Waals surface area contributed by atoms with E-state index < -0.39 is 10.8 Å². The number of nitro benzene ring substituents is 1. The summed E-state index contributed by atoms with van der Waals surface area (Å²) in [6, 6.07) is 2.44. The number of nitrogens with zero attached hydrogens (tertiary/aromatic N) is 1. The van der Waals surface area contributed by atoms with Crippen LogP contribution in [-0.2, 0) is 0 Å².